The van der Waals surface area contributed by atoms with Crippen LogP contribution in [0.2, 0.25) is 0 Å². The number of aliphatic carboxylic acids is 1. The van der Waals surface area contributed by atoms with Gasteiger partial charge in [0.1, 0.15) is 0 Å². The van der Waals surface area contributed by atoms with E-state index in [0.29, 0.717) is 0 Å². The molecule has 0 saturated heterocycles. The minimum atomic E-state index is -4.29. The first kappa shape index (κ1) is 17.0. The zero-order chi connectivity index (χ0) is 17.2. The third kappa shape index (κ3) is 4.30. The smallest absolute Gasteiger partial charge is 0.340 e. The number of amides is 1. The van der Waals surface area contributed by atoms with Gasteiger partial charge in [0, 0.05) is 6.07 Å². The Morgan fingerprint density at radius 1 is 1.39 bits per heavy atom. The zero-order valence-electron chi connectivity index (χ0n) is 11.5. The molecule has 0 aliphatic heterocycles. The summed E-state index contributed by atoms with van der Waals surface area (Å²) in [6.45, 7) is -1.52. The molecule has 0 bridgehead atoms. The van der Waals surface area contributed by atoms with Crippen LogP contribution < -0.4 is 10.1 Å². The van der Waals surface area contributed by atoms with E-state index in [1.165, 1.54) is 6.07 Å². The lowest BCUT2D eigenvalue weighted by Gasteiger charge is -2.15. The van der Waals surface area contributed by atoms with Crippen LogP contribution in [0.25, 0.3) is 0 Å². The molecular formula is C13H12F4N2O4. The Morgan fingerprint density at radius 2 is 2.09 bits per heavy atom. The first-order valence-corrected chi connectivity index (χ1v) is 6.49. The molecule has 2 unspecified atom stereocenters. The molecule has 1 fully saturated rings. The zero-order valence-corrected chi connectivity index (χ0v) is 11.5. The second-order valence-corrected chi connectivity index (χ2v) is 5.01. The number of carbonyl (C=O) groups excluding carboxylic acids is 1. The summed E-state index contributed by atoms with van der Waals surface area (Å²) >= 11 is 0. The molecule has 10 heteroatoms. The van der Waals surface area contributed by atoms with E-state index in [1.807, 2.05) is 0 Å². The van der Waals surface area contributed by atoms with E-state index >= 15 is 0 Å². The molecule has 1 aromatic heterocycles. The van der Waals surface area contributed by atoms with Gasteiger partial charge < -0.3 is 15.2 Å². The van der Waals surface area contributed by atoms with Crippen molar-refractivity contribution in [3.05, 3.63) is 18.3 Å². The molecule has 1 saturated carbocycles. The second kappa shape index (κ2) is 6.39. The monoisotopic (exact) mass is 336 g/mol. The largest absolute Gasteiger partial charge is 0.481 e. The number of pyridine rings is 1. The number of nitrogens with zero attached hydrogens (tertiary/aromatic N) is 1. The van der Waals surface area contributed by atoms with Crippen molar-refractivity contribution in [3.63, 3.8) is 0 Å². The van der Waals surface area contributed by atoms with Crippen molar-refractivity contribution in [2.75, 3.05) is 11.9 Å². The molecule has 1 aliphatic rings. The molecule has 2 rings (SSSR count). The molecule has 1 aromatic rings. The molecule has 6 nitrogen and oxygen atoms in total. The first-order valence-electron chi connectivity index (χ1n) is 6.49. The number of carboxylic acid groups (broad SMARTS) is 1. The Morgan fingerprint density at radius 3 is 2.57 bits per heavy atom. The molecule has 2 N–H and O–H groups in total. The molecule has 23 heavy (non-hydrogen) atoms. The molecule has 0 spiro atoms. The maximum atomic E-state index is 12.7. The van der Waals surface area contributed by atoms with Crippen molar-refractivity contribution in [3.8, 4) is 5.88 Å². The fourth-order valence-corrected chi connectivity index (χ4v) is 1.77. The molecular weight excluding hydrogens is 324 g/mol. The minimum absolute atomic E-state index is 0.207. The van der Waals surface area contributed by atoms with E-state index in [-0.39, 0.29) is 18.0 Å². The van der Waals surface area contributed by atoms with Gasteiger partial charge in [-0.1, -0.05) is 0 Å². The number of ether oxygens (including phenoxy) is 1. The fraction of sp³-hybridized carbons (Fsp3) is 0.462. The number of alkyl halides is 4. The summed E-state index contributed by atoms with van der Waals surface area (Å²) in [6.07, 6.45) is -2.51. The highest BCUT2D eigenvalue weighted by Crippen LogP contribution is 2.39. The molecule has 1 heterocycles. The fourth-order valence-electron chi connectivity index (χ4n) is 1.77. The normalized spacial score (nSPS) is 20.2. The predicted molar refractivity (Wildman–Crippen MR) is 68.5 cm³/mol. The lowest BCUT2D eigenvalue weighted by molar-refractivity contribution is -0.148. The van der Waals surface area contributed by atoms with Crippen LogP contribution in [0.5, 0.6) is 5.88 Å². The average Bonchev–Trinajstić information content (AvgIpc) is 3.27. The lowest BCUT2D eigenvalue weighted by atomic mass is 10.3. The van der Waals surface area contributed by atoms with Crippen molar-refractivity contribution in [2.24, 2.45) is 11.8 Å². The van der Waals surface area contributed by atoms with Crippen LogP contribution in [-0.4, -0.2) is 40.9 Å². The van der Waals surface area contributed by atoms with E-state index in [9.17, 15) is 27.2 Å². The van der Waals surface area contributed by atoms with E-state index < -0.39 is 42.7 Å². The van der Waals surface area contributed by atoms with E-state index in [0.717, 1.165) is 12.3 Å². The van der Waals surface area contributed by atoms with Gasteiger partial charge in [0.2, 0.25) is 11.8 Å². The van der Waals surface area contributed by atoms with Crippen LogP contribution in [0.4, 0.5) is 23.2 Å². The number of nitrogens with one attached hydrogen (secondary N) is 1. The van der Waals surface area contributed by atoms with Gasteiger partial charge in [0.15, 0.2) is 6.61 Å². The number of carboxylic acids is 1. The van der Waals surface area contributed by atoms with Crippen LogP contribution >= 0.6 is 0 Å². The van der Waals surface area contributed by atoms with Crippen molar-refractivity contribution in [1.82, 2.24) is 4.98 Å². The van der Waals surface area contributed by atoms with Gasteiger partial charge in [-0.25, -0.2) is 13.8 Å². The number of hydrogen-bond acceptors (Lipinski definition) is 4. The standard InChI is InChI=1S/C13H12F4N2O4/c14-12(15)13(16,17)5-23-9-2-1-6(4-18-9)19-10(20)7-3-8(7)11(21)22/h1-2,4,7-8,12H,3,5H2,(H,19,20)(H,21,22). The van der Waals surface area contributed by atoms with E-state index in [1.54, 1.807) is 0 Å². The maximum Gasteiger partial charge on any atom is 0.340 e. The summed E-state index contributed by atoms with van der Waals surface area (Å²) < 4.78 is 53.7. The summed E-state index contributed by atoms with van der Waals surface area (Å²) in [6, 6.07) is 2.40. The molecule has 0 radical (unpaired) electrons. The van der Waals surface area contributed by atoms with Gasteiger partial charge in [-0.2, -0.15) is 8.78 Å². The minimum Gasteiger partial charge on any atom is -0.481 e. The third-order valence-electron chi connectivity index (χ3n) is 3.18. The second-order valence-electron chi connectivity index (χ2n) is 5.01. The highest BCUT2D eigenvalue weighted by molar-refractivity contribution is 5.98. The van der Waals surface area contributed by atoms with Gasteiger partial charge in [-0.05, 0) is 12.5 Å². The summed E-state index contributed by atoms with van der Waals surface area (Å²) in [4.78, 5) is 25.9. The predicted octanol–water partition coefficient (Wildman–Crippen LogP) is 2.02. The molecule has 1 amide bonds. The van der Waals surface area contributed by atoms with Crippen molar-refractivity contribution in [1.29, 1.82) is 0 Å². The summed E-state index contributed by atoms with van der Waals surface area (Å²) in [5, 5.41) is 11.1. The Hall–Kier alpha value is -2.39. The topological polar surface area (TPSA) is 88.5 Å². The van der Waals surface area contributed by atoms with Crippen molar-refractivity contribution < 1.29 is 37.0 Å². The van der Waals surface area contributed by atoms with Gasteiger partial charge >= 0.3 is 18.3 Å². The number of aromatic nitrogens is 1. The van der Waals surface area contributed by atoms with Crippen molar-refractivity contribution in [2.45, 2.75) is 18.8 Å². The first-order chi connectivity index (χ1) is 10.7. The van der Waals surface area contributed by atoms with Gasteiger partial charge in [0.25, 0.3) is 0 Å². The summed E-state index contributed by atoms with van der Waals surface area (Å²) in [5.41, 5.74) is 0.207. The van der Waals surface area contributed by atoms with Crippen molar-refractivity contribution >= 4 is 17.6 Å². The molecule has 126 valence electrons. The summed E-state index contributed by atoms with van der Waals surface area (Å²) in [5.74, 6) is -7.45. The van der Waals surface area contributed by atoms with Gasteiger partial charge in [0.05, 0.1) is 23.7 Å². The third-order valence-corrected chi connectivity index (χ3v) is 3.18. The molecule has 0 aromatic carbocycles. The van der Waals surface area contributed by atoms with Crippen LogP contribution in [0, 0.1) is 11.8 Å². The van der Waals surface area contributed by atoms with E-state index in [2.05, 4.69) is 15.0 Å². The van der Waals surface area contributed by atoms with Crippen LogP contribution in [0.15, 0.2) is 18.3 Å². The Balaban J connectivity index is 1.85. The molecule has 2 atom stereocenters. The van der Waals surface area contributed by atoms with E-state index in [4.69, 9.17) is 5.11 Å². The number of halogens is 4. The maximum absolute atomic E-state index is 12.7. The Kier molecular flexibility index (Phi) is 4.71. The quantitative estimate of drug-likeness (QED) is 0.744. The SMILES string of the molecule is O=C(O)C1CC1C(=O)Nc1ccc(OCC(F)(F)C(F)F)nc1. The highest BCUT2D eigenvalue weighted by atomic mass is 19.3. The Bertz CT molecular complexity index is 594. The van der Waals surface area contributed by atoms with Crippen LogP contribution in [-0.2, 0) is 9.59 Å². The summed E-state index contributed by atoms with van der Waals surface area (Å²) in [7, 11) is 0. The Labute approximate surface area is 127 Å². The average molecular weight is 336 g/mol. The highest BCUT2D eigenvalue weighted by Gasteiger charge is 2.48. The number of anilines is 1. The van der Waals surface area contributed by atoms with Crippen LogP contribution in [0.1, 0.15) is 6.42 Å². The number of rotatable bonds is 7. The van der Waals surface area contributed by atoms with Gasteiger partial charge in [-0.15, -0.1) is 0 Å². The van der Waals surface area contributed by atoms with Crippen LogP contribution in [0.3, 0.4) is 0 Å². The number of carbonyl (C=O) groups is 2. The lowest BCUT2D eigenvalue weighted by Crippen LogP contribution is -2.33. The number of hydrogen-bond donors (Lipinski definition) is 2. The molecule has 1 aliphatic carbocycles. The van der Waals surface area contributed by atoms with Gasteiger partial charge in [-0.3, -0.25) is 9.59 Å².